The summed E-state index contributed by atoms with van der Waals surface area (Å²) in [6, 6.07) is 14.1. The van der Waals surface area contributed by atoms with Gasteiger partial charge in [-0.25, -0.2) is 0 Å². The second-order valence-corrected chi connectivity index (χ2v) is 5.76. The monoisotopic (exact) mass is 285 g/mol. The molecule has 0 amide bonds. The van der Waals surface area contributed by atoms with Crippen LogP contribution in [0.25, 0.3) is 17.1 Å². The quantitative estimate of drug-likeness (QED) is 0.488. The maximum absolute atomic E-state index is 6.11. The molecule has 2 aromatic carbocycles. The van der Waals surface area contributed by atoms with Gasteiger partial charge in [0, 0.05) is 20.4 Å². The first-order valence-corrected chi connectivity index (χ1v) is 6.99. The molecule has 0 aliphatic carbocycles. The van der Waals surface area contributed by atoms with Crippen molar-refractivity contribution in [3.05, 3.63) is 53.8 Å². The number of hydrogen-bond acceptors (Lipinski definition) is 3. The molecule has 0 radical (unpaired) electrons. The van der Waals surface area contributed by atoms with Gasteiger partial charge in [0.25, 0.3) is 0 Å². The number of para-hydroxylation sites is 1. The number of aromatic nitrogens is 3. The van der Waals surface area contributed by atoms with Gasteiger partial charge >= 0.3 is 0 Å². The average molecular weight is 286 g/mol. The second-order valence-electron chi connectivity index (χ2n) is 4.23. The van der Waals surface area contributed by atoms with Crippen molar-refractivity contribution in [1.82, 2.24) is 14.8 Å². The second kappa shape index (κ2) is 4.11. The van der Waals surface area contributed by atoms with Crippen LogP contribution < -0.4 is 0 Å². The summed E-state index contributed by atoms with van der Waals surface area (Å²) in [5, 5.41) is 8.98. The highest BCUT2D eigenvalue weighted by Gasteiger charge is 2.20. The molecule has 3 aromatic rings. The molecule has 0 fully saturated rings. The number of benzene rings is 2. The highest BCUT2D eigenvalue weighted by molar-refractivity contribution is 7.99. The third kappa shape index (κ3) is 1.68. The molecule has 0 bridgehead atoms. The van der Waals surface area contributed by atoms with E-state index in [0.717, 1.165) is 22.0 Å². The summed E-state index contributed by atoms with van der Waals surface area (Å²) in [5.74, 6) is 0.829. The van der Waals surface area contributed by atoms with Crippen molar-refractivity contribution in [3.8, 4) is 17.1 Å². The van der Waals surface area contributed by atoms with Crippen molar-refractivity contribution in [2.75, 3.05) is 0 Å². The molecule has 0 N–H and O–H groups in total. The summed E-state index contributed by atoms with van der Waals surface area (Å²) >= 11 is 7.83. The zero-order valence-corrected chi connectivity index (χ0v) is 11.3. The lowest BCUT2D eigenvalue weighted by Gasteiger charge is -2.05. The molecule has 0 spiro atoms. The number of hydrogen-bond donors (Lipinski definition) is 0. The third-order valence-electron chi connectivity index (χ3n) is 3.07. The first kappa shape index (κ1) is 11.1. The fourth-order valence-corrected chi connectivity index (χ4v) is 3.44. The molecule has 0 saturated carbocycles. The van der Waals surface area contributed by atoms with Gasteiger partial charge in [-0.1, -0.05) is 35.5 Å². The molecule has 3 nitrogen and oxygen atoms in total. The minimum atomic E-state index is 0.708. The van der Waals surface area contributed by atoms with Crippen LogP contribution in [0.15, 0.2) is 58.6 Å². The van der Waals surface area contributed by atoms with Crippen LogP contribution in [-0.4, -0.2) is 14.8 Å². The molecule has 1 aromatic heterocycles. The van der Waals surface area contributed by atoms with Crippen molar-refractivity contribution >= 4 is 23.4 Å². The first-order valence-electron chi connectivity index (χ1n) is 5.80. The van der Waals surface area contributed by atoms with E-state index in [1.54, 1.807) is 18.1 Å². The topological polar surface area (TPSA) is 30.7 Å². The summed E-state index contributed by atoms with van der Waals surface area (Å²) in [6.07, 6.45) is 1.74. The summed E-state index contributed by atoms with van der Waals surface area (Å²) in [4.78, 5) is 2.33. The number of nitrogens with zero attached hydrogens (tertiary/aromatic N) is 3. The summed E-state index contributed by atoms with van der Waals surface area (Å²) in [5.41, 5.74) is 2.12. The Morgan fingerprint density at radius 2 is 1.95 bits per heavy atom. The number of halogens is 1. The van der Waals surface area contributed by atoms with Crippen LogP contribution in [-0.2, 0) is 0 Å². The summed E-state index contributed by atoms with van der Waals surface area (Å²) < 4.78 is 2.00. The maximum atomic E-state index is 6.11. The van der Waals surface area contributed by atoms with Gasteiger partial charge in [-0.15, -0.1) is 10.2 Å². The first-order chi connectivity index (χ1) is 9.33. The molecule has 1 aliphatic rings. The Kier molecular flexibility index (Phi) is 2.40. The number of fused-ring (bicyclic) bond motifs is 5. The van der Waals surface area contributed by atoms with Crippen molar-refractivity contribution in [3.63, 3.8) is 0 Å². The number of rotatable bonds is 0. The Balaban J connectivity index is 2.10. The highest BCUT2D eigenvalue weighted by atomic mass is 35.5. The average Bonchev–Trinajstić information content (AvgIpc) is 2.86. The van der Waals surface area contributed by atoms with Crippen LogP contribution in [0.2, 0.25) is 5.02 Å². The van der Waals surface area contributed by atoms with Gasteiger partial charge in [0.2, 0.25) is 0 Å². The molecule has 1 aliphatic heterocycles. The van der Waals surface area contributed by atoms with E-state index in [-0.39, 0.29) is 0 Å². The van der Waals surface area contributed by atoms with Crippen molar-refractivity contribution in [2.45, 2.75) is 9.79 Å². The van der Waals surface area contributed by atoms with Crippen molar-refractivity contribution in [2.24, 2.45) is 0 Å². The van der Waals surface area contributed by atoms with E-state index in [1.807, 2.05) is 34.9 Å². The highest BCUT2D eigenvalue weighted by Crippen LogP contribution is 2.42. The summed E-state index contributed by atoms with van der Waals surface area (Å²) in [7, 11) is 0. The molecule has 0 saturated heterocycles. The molecule has 5 heteroatoms. The van der Waals surface area contributed by atoms with Crippen molar-refractivity contribution < 1.29 is 0 Å². The Morgan fingerprint density at radius 3 is 2.89 bits per heavy atom. The van der Waals surface area contributed by atoms with Gasteiger partial charge in [-0.2, -0.15) is 0 Å². The smallest absolute Gasteiger partial charge is 0.169 e. The van der Waals surface area contributed by atoms with E-state index in [9.17, 15) is 0 Å². The fraction of sp³-hybridized carbons (Fsp3) is 0. The van der Waals surface area contributed by atoms with Crippen LogP contribution >= 0.6 is 23.4 Å². The Morgan fingerprint density at radius 1 is 1.05 bits per heavy atom. The van der Waals surface area contributed by atoms with Gasteiger partial charge < -0.3 is 0 Å². The zero-order chi connectivity index (χ0) is 12.8. The largest absolute Gasteiger partial charge is 0.280 e. The predicted molar refractivity (Wildman–Crippen MR) is 75.9 cm³/mol. The Bertz CT molecular complexity index is 782. The lowest BCUT2D eigenvalue weighted by atomic mass is 10.2. The maximum Gasteiger partial charge on any atom is 0.169 e. The van der Waals surface area contributed by atoms with Crippen LogP contribution in [0.4, 0.5) is 0 Å². The van der Waals surface area contributed by atoms with Gasteiger partial charge in [0.15, 0.2) is 5.82 Å². The van der Waals surface area contributed by atoms with Crippen LogP contribution in [0, 0.1) is 0 Å². The lowest BCUT2D eigenvalue weighted by Crippen LogP contribution is -1.95. The van der Waals surface area contributed by atoms with Crippen LogP contribution in [0.5, 0.6) is 0 Å². The third-order valence-corrected chi connectivity index (χ3v) is 4.45. The molecule has 4 rings (SSSR count). The minimum absolute atomic E-state index is 0.708. The van der Waals surface area contributed by atoms with Crippen LogP contribution in [0.3, 0.4) is 0 Å². The molecule has 19 heavy (non-hydrogen) atoms. The summed E-state index contributed by atoms with van der Waals surface area (Å²) in [6.45, 7) is 0. The molecule has 92 valence electrons. The van der Waals surface area contributed by atoms with E-state index in [0.29, 0.717) is 5.02 Å². The molecule has 0 unspecified atom stereocenters. The van der Waals surface area contributed by atoms with Gasteiger partial charge in [-0.05, 0) is 30.3 Å². The molecular weight excluding hydrogens is 278 g/mol. The van der Waals surface area contributed by atoms with Crippen molar-refractivity contribution in [1.29, 1.82) is 0 Å². The SMILES string of the molecule is Clc1ccc2c(c1)-c1nncn1-c1ccccc1S2. The molecular formula is C14H8ClN3S. The van der Waals surface area contributed by atoms with Gasteiger partial charge in [0.1, 0.15) is 6.33 Å². The van der Waals surface area contributed by atoms with E-state index < -0.39 is 0 Å². The Hall–Kier alpha value is -1.78. The van der Waals surface area contributed by atoms with E-state index in [1.165, 1.54) is 4.90 Å². The fourth-order valence-electron chi connectivity index (χ4n) is 2.22. The molecule has 2 heterocycles. The van der Waals surface area contributed by atoms with E-state index in [4.69, 9.17) is 11.6 Å². The minimum Gasteiger partial charge on any atom is -0.280 e. The van der Waals surface area contributed by atoms with Gasteiger partial charge in [0.05, 0.1) is 5.69 Å². The molecule has 0 atom stereocenters. The van der Waals surface area contributed by atoms with Crippen LogP contribution in [0.1, 0.15) is 0 Å². The normalized spacial score (nSPS) is 12.3. The van der Waals surface area contributed by atoms with E-state index in [2.05, 4.69) is 22.3 Å². The Labute approximate surface area is 119 Å². The predicted octanol–water partition coefficient (Wildman–Crippen LogP) is 4.05. The standard InChI is InChI=1S/C14H8ClN3S/c15-9-5-6-12-10(7-9)14-17-16-8-18(14)11-3-1-2-4-13(11)19-12/h1-8H. The van der Waals surface area contributed by atoms with Gasteiger partial charge in [-0.3, -0.25) is 4.57 Å². The zero-order valence-electron chi connectivity index (χ0n) is 9.75. The lowest BCUT2D eigenvalue weighted by molar-refractivity contribution is 1.03. The van der Waals surface area contributed by atoms with E-state index >= 15 is 0 Å².